The summed E-state index contributed by atoms with van der Waals surface area (Å²) in [7, 11) is -1.08. The Morgan fingerprint density at radius 2 is 1.37 bits per heavy atom. The van der Waals surface area contributed by atoms with Crippen LogP contribution in [-0.4, -0.2) is 73.3 Å². The molecular weight excluding hydrogens is 374 g/mol. The van der Waals surface area contributed by atoms with Gasteiger partial charge >= 0.3 is 12.2 Å². The summed E-state index contributed by atoms with van der Waals surface area (Å²) in [5.41, 5.74) is 0. The van der Waals surface area contributed by atoms with Gasteiger partial charge in [-0.1, -0.05) is 18.2 Å². The molecule has 2 saturated heterocycles. The summed E-state index contributed by atoms with van der Waals surface area (Å²) in [5, 5.41) is 2.56. The number of hydrogen-bond acceptors (Lipinski definition) is 6. The van der Waals surface area contributed by atoms with Crippen LogP contribution in [0.15, 0.2) is 35.2 Å². The van der Waals surface area contributed by atoms with E-state index < -0.39 is 22.2 Å². The van der Waals surface area contributed by atoms with Crippen molar-refractivity contribution in [2.24, 2.45) is 11.8 Å². The van der Waals surface area contributed by atoms with E-state index in [2.05, 4.69) is 0 Å². The van der Waals surface area contributed by atoms with Gasteiger partial charge in [0.15, 0.2) is 0 Å². The van der Waals surface area contributed by atoms with Crippen LogP contribution in [-0.2, 0) is 19.5 Å². The van der Waals surface area contributed by atoms with E-state index in [1.54, 1.807) is 34.6 Å². The average Bonchev–Trinajstić information content (AvgIpc) is 3.24. The maximum Gasteiger partial charge on any atom is 0.429 e. The molecule has 4 fully saturated rings. The molecule has 5 rings (SSSR count). The van der Waals surface area contributed by atoms with Gasteiger partial charge in [0.05, 0.1) is 31.2 Å². The van der Waals surface area contributed by atoms with Crippen LogP contribution < -0.4 is 0 Å². The number of methoxy groups -OCH3 is 2. The lowest BCUT2D eigenvalue weighted by Gasteiger charge is -2.55. The number of amides is 2. The maximum atomic E-state index is 13.0. The Balaban J connectivity index is 1.46. The zero-order valence-corrected chi connectivity index (χ0v) is 15.6. The van der Waals surface area contributed by atoms with Gasteiger partial charge in [0, 0.05) is 23.9 Å². The van der Waals surface area contributed by atoms with Crippen molar-refractivity contribution in [3.63, 3.8) is 0 Å². The molecular formula is C17H19N3O6S. The summed E-state index contributed by atoms with van der Waals surface area (Å²) in [6.45, 7) is 0. The van der Waals surface area contributed by atoms with Crippen LogP contribution in [0, 0.1) is 11.8 Å². The number of sulfonamides is 1. The van der Waals surface area contributed by atoms with Crippen LogP contribution in [0.4, 0.5) is 9.59 Å². The van der Waals surface area contributed by atoms with Gasteiger partial charge in [0.25, 0.3) is 0 Å². The first-order valence-electron chi connectivity index (χ1n) is 8.76. The van der Waals surface area contributed by atoms with Crippen molar-refractivity contribution in [3.05, 3.63) is 30.3 Å². The highest BCUT2D eigenvalue weighted by Crippen LogP contribution is 2.65. The summed E-state index contributed by atoms with van der Waals surface area (Å²) in [6, 6.07) is 7.60. The van der Waals surface area contributed by atoms with Crippen LogP contribution in [0.25, 0.3) is 0 Å². The van der Waals surface area contributed by atoms with E-state index in [4.69, 9.17) is 9.47 Å². The lowest BCUT2D eigenvalue weighted by Crippen LogP contribution is -2.76. The number of carbonyl (C=O) groups is 2. The predicted molar refractivity (Wildman–Crippen MR) is 90.7 cm³/mol. The SMILES string of the molecule is COC(=O)N1[C@@H]2[C@@H]3C[C@H]([C@@H]2N1C(=O)OC)[C@@H]1[C@H]3N1S(=O)(=O)c1ccccc1. The number of piperidine rings is 1. The molecule has 2 aliphatic carbocycles. The molecule has 9 nitrogen and oxygen atoms in total. The summed E-state index contributed by atoms with van der Waals surface area (Å²) in [5.74, 6) is -0.0213. The van der Waals surface area contributed by atoms with Crippen molar-refractivity contribution in [2.45, 2.75) is 35.5 Å². The minimum Gasteiger partial charge on any atom is -0.452 e. The zero-order chi connectivity index (χ0) is 19.1. The third-order valence-corrected chi connectivity index (χ3v) is 8.25. The molecule has 0 N–H and O–H groups in total. The number of nitrogens with zero attached hydrogens (tertiary/aromatic N) is 3. The van der Waals surface area contributed by atoms with Gasteiger partial charge in [-0.2, -0.15) is 4.31 Å². The molecule has 1 aromatic rings. The van der Waals surface area contributed by atoms with Crippen molar-refractivity contribution < 1.29 is 27.5 Å². The predicted octanol–water partition coefficient (Wildman–Crippen LogP) is 0.880. The highest BCUT2D eigenvalue weighted by Gasteiger charge is 2.80. The van der Waals surface area contributed by atoms with Crippen LogP contribution in [0.2, 0.25) is 0 Å². The fraction of sp³-hybridized carbons (Fsp3) is 0.529. The van der Waals surface area contributed by atoms with Crippen molar-refractivity contribution in [2.75, 3.05) is 14.2 Å². The zero-order valence-electron chi connectivity index (χ0n) is 14.8. The monoisotopic (exact) mass is 393 g/mol. The maximum absolute atomic E-state index is 13.0. The molecule has 2 saturated carbocycles. The molecule has 1 unspecified atom stereocenters. The molecule has 7 atom stereocenters. The smallest absolute Gasteiger partial charge is 0.429 e. The lowest BCUT2D eigenvalue weighted by molar-refractivity contribution is -0.173. The largest absolute Gasteiger partial charge is 0.452 e. The van der Waals surface area contributed by atoms with E-state index >= 15 is 0 Å². The van der Waals surface area contributed by atoms with Gasteiger partial charge in [-0.15, -0.1) is 0 Å². The molecule has 0 radical (unpaired) electrons. The van der Waals surface area contributed by atoms with E-state index in [-0.39, 0.29) is 40.9 Å². The Morgan fingerprint density at radius 1 is 0.889 bits per heavy atom. The number of rotatable bonds is 2. The highest BCUT2D eigenvalue weighted by atomic mass is 32.2. The fourth-order valence-corrected chi connectivity index (χ4v) is 7.32. The van der Waals surface area contributed by atoms with Crippen molar-refractivity contribution in [3.8, 4) is 0 Å². The number of benzene rings is 1. The second-order valence-corrected chi connectivity index (χ2v) is 9.15. The molecule has 2 amide bonds. The Hall–Kier alpha value is -2.33. The fourth-order valence-electron chi connectivity index (χ4n) is 5.42. The molecule has 2 heterocycles. The minimum absolute atomic E-state index is 0.0107. The molecule has 0 aromatic heterocycles. The van der Waals surface area contributed by atoms with Gasteiger partial charge in [-0.05, 0) is 18.6 Å². The average molecular weight is 393 g/mol. The molecule has 144 valence electrons. The standard InChI is InChI=1S/C17H19N3O6S/c1-25-16(21)18-12-10-8-11(13(12)19(18)17(22)26-2)15-14(10)20(15)27(23,24)9-6-4-3-5-7-9/h3-7,10-15H,8H2,1-2H3/t10-,11+,12+,13-,14-,15+,20?. The molecule has 27 heavy (non-hydrogen) atoms. The van der Waals surface area contributed by atoms with E-state index in [0.29, 0.717) is 0 Å². The quantitative estimate of drug-likeness (QED) is 0.692. The Kier molecular flexibility index (Phi) is 3.33. The summed E-state index contributed by atoms with van der Waals surface area (Å²) in [4.78, 5) is 24.6. The van der Waals surface area contributed by atoms with Crippen LogP contribution in [0.1, 0.15) is 6.42 Å². The molecule has 2 aliphatic heterocycles. The van der Waals surface area contributed by atoms with Gasteiger partial charge in [0.2, 0.25) is 10.0 Å². The van der Waals surface area contributed by atoms with Gasteiger partial charge < -0.3 is 9.47 Å². The summed E-state index contributed by atoms with van der Waals surface area (Å²) >= 11 is 0. The second-order valence-electron chi connectivity index (χ2n) is 7.30. The van der Waals surface area contributed by atoms with E-state index in [1.807, 2.05) is 0 Å². The first-order chi connectivity index (χ1) is 12.9. The number of carbonyl (C=O) groups excluding carboxylic acids is 2. The third kappa shape index (κ3) is 1.94. The summed E-state index contributed by atoms with van der Waals surface area (Å²) < 4.78 is 37.2. The number of fused-ring (bicyclic) bond motifs is 8. The Morgan fingerprint density at radius 3 is 1.81 bits per heavy atom. The Labute approximate surface area is 156 Å². The topological polar surface area (TPSA) is 96.2 Å². The normalized spacial score (nSPS) is 37.9. The molecule has 10 heteroatoms. The van der Waals surface area contributed by atoms with E-state index in [0.717, 1.165) is 6.42 Å². The van der Waals surface area contributed by atoms with Crippen LogP contribution in [0.5, 0.6) is 0 Å². The van der Waals surface area contributed by atoms with Crippen LogP contribution >= 0.6 is 0 Å². The number of hydrogen-bond donors (Lipinski definition) is 0. The van der Waals surface area contributed by atoms with Crippen LogP contribution in [0.3, 0.4) is 0 Å². The van der Waals surface area contributed by atoms with Gasteiger partial charge in [0.1, 0.15) is 0 Å². The number of ether oxygens (including phenoxy) is 2. The van der Waals surface area contributed by atoms with E-state index in [9.17, 15) is 18.0 Å². The van der Waals surface area contributed by atoms with Crippen molar-refractivity contribution in [1.29, 1.82) is 0 Å². The second kappa shape index (κ2) is 5.35. The van der Waals surface area contributed by atoms with Gasteiger partial charge in [-0.3, -0.25) is 0 Å². The minimum atomic E-state index is -3.59. The molecule has 1 aromatic carbocycles. The van der Waals surface area contributed by atoms with E-state index in [1.165, 1.54) is 24.2 Å². The third-order valence-electron chi connectivity index (χ3n) is 6.34. The van der Waals surface area contributed by atoms with Crippen molar-refractivity contribution >= 4 is 22.2 Å². The first-order valence-corrected chi connectivity index (χ1v) is 10.2. The lowest BCUT2D eigenvalue weighted by atomic mass is 9.86. The molecule has 0 spiro atoms. The first kappa shape index (κ1) is 16.8. The highest BCUT2D eigenvalue weighted by molar-refractivity contribution is 7.89. The van der Waals surface area contributed by atoms with Crippen molar-refractivity contribution in [1.82, 2.24) is 14.3 Å². The summed E-state index contributed by atoms with van der Waals surface area (Å²) in [6.07, 6.45) is -0.486. The Bertz CT molecular complexity index is 882. The molecule has 4 aliphatic rings. The van der Waals surface area contributed by atoms with Gasteiger partial charge in [-0.25, -0.2) is 28.0 Å². The number of hydrazine groups is 1. The molecule has 2 bridgehead atoms.